The summed E-state index contributed by atoms with van der Waals surface area (Å²) in [5.41, 5.74) is 5.72. The molecule has 6 heteroatoms. The summed E-state index contributed by atoms with van der Waals surface area (Å²) >= 11 is 0. The van der Waals surface area contributed by atoms with Crippen LogP contribution < -0.4 is 16.4 Å². The van der Waals surface area contributed by atoms with Crippen LogP contribution in [0, 0.1) is 0 Å². The molecular formula is C15H22ClN3O2. The van der Waals surface area contributed by atoms with Gasteiger partial charge in [0.25, 0.3) is 0 Å². The third-order valence-corrected chi connectivity index (χ3v) is 3.69. The first-order valence-electron chi connectivity index (χ1n) is 6.95. The predicted molar refractivity (Wildman–Crippen MR) is 84.0 cm³/mol. The number of amides is 2. The molecule has 1 aromatic carbocycles. The molecule has 0 saturated carbocycles. The Balaban J connectivity index is 0.00000220. The second-order valence-electron chi connectivity index (χ2n) is 5.38. The number of benzene rings is 1. The van der Waals surface area contributed by atoms with Gasteiger partial charge in [0.05, 0.1) is 0 Å². The Morgan fingerprint density at radius 2 is 2.00 bits per heavy atom. The number of nitrogens with one attached hydrogen (secondary N) is 2. The Morgan fingerprint density at radius 1 is 1.33 bits per heavy atom. The summed E-state index contributed by atoms with van der Waals surface area (Å²) in [5, 5.41) is 5.57. The van der Waals surface area contributed by atoms with Gasteiger partial charge in [0.15, 0.2) is 0 Å². The zero-order valence-corrected chi connectivity index (χ0v) is 12.9. The molecule has 116 valence electrons. The largest absolute Gasteiger partial charge is 0.354 e. The summed E-state index contributed by atoms with van der Waals surface area (Å²) in [6.45, 7) is 2.33. The highest BCUT2D eigenvalue weighted by molar-refractivity contribution is 5.92. The molecule has 0 aromatic heterocycles. The molecule has 0 bridgehead atoms. The van der Waals surface area contributed by atoms with Crippen LogP contribution in [-0.4, -0.2) is 24.4 Å². The van der Waals surface area contributed by atoms with E-state index in [9.17, 15) is 9.59 Å². The van der Waals surface area contributed by atoms with E-state index < -0.39 is 11.6 Å². The van der Waals surface area contributed by atoms with E-state index in [4.69, 9.17) is 5.73 Å². The normalized spacial score (nSPS) is 21.2. The van der Waals surface area contributed by atoms with E-state index in [0.29, 0.717) is 13.0 Å². The molecule has 5 nitrogen and oxygen atoms in total. The number of nitrogens with two attached hydrogens (primary N) is 1. The van der Waals surface area contributed by atoms with E-state index >= 15 is 0 Å². The van der Waals surface area contributed by atoms with Gasteiger partial charge in [0.1, 0.15) is 11.6 Å². The SMILES string of the molecule is CC(N)(C(=O)NC1CCCCNC1=O)c1ccccc1.Cl. The summed E-state index contributed by atoms with van der Waals surface area (Å²) < 4.78 is 0. The van der Waals surface area contributed by atoms with Crippen molar-refractivity contribution in [3.8, 4) is 0 Å². The fraction of sp³-hybridized carbons (Fsp3) is 0.467. The van der Waals surface area contributed by atoms with E-state index in [1.165, 1.54) is 0 Å². The van der Waals surface area contributed by atoms with E-state index in [2.05, 4.69) is 10.6 Å². The second kappa shape index (κ2) is 7.43. The van der Waals surface area contributed by atoms with Gasteiger partial charge in [-0.2, -0.15) is 0 Å². The Hall–Kier alpha value is -1.59. The van der Waals surface area contributed by atoms with Gasteiger partial charge in [-0.3, -0.25) is 9.59 Å². The molecule has 0 aliphatic carbocycles. The monoisotopic (exact) mass is 311 g/mol. The van der Waals surface area contributed by atoms with E-state index in [-0.39, 0.29) is 24.2 Å². The molecule has 2 atom stereocenters. The molecule has 2 amide bonds. The van der Waals surface area contributed by atoms with Gasteiger partial charge < -0.3 is 16.4 Å². The number of hydrogen-bond donors (Lipinski definition) is 3. The lowest BCUT2D eigenvalue weighted by molar-refractivity contribution is -0.131. The van der Waals surface area contributed by atoms with Crippen molar-refractivity contribution < 1.29 is 9.59 Å². The van der Waals surface area contributed by atoms with E-state index in [1.807, 2.05) is 30.3 Å². The van der Waals surface area contributed by atoms with Gasteiger partial charge in [-0.05, 0) is 31.7 Å². The van der Waals surface area contributed by atoms with Crippen LogP contribution in [-0.2, 0) is 15.1 Å². The van der Waals surface area contributed by atoms with Gasteiger partial charge in [-0.25, -0.2) is 0 Å². The molecular weight excluding hydrogens is 290 g/mol. The summed E-state index contributed by atoms with van der Waals surface area (Å²) in [4.78, 5) is 24.2. The van der Waals surface area contributed by atoms with E-state index in [1.54, 1.807) is 6.92 Å². The zero-order valence-electron chi connectivity index (χ0n) is 12.1. The average molecular weight is 312 g/mol. The topological polar surface area (TPSA) is 84.2 Å². The molecule has 1 aromatic rings. The molecule has 1 saturated heterocycles. The molecule has 2 unspecified atom stereocenters. The molecule has 21 heavy (non-hydrogen) atoms. The van der Waals surface area contributed by atoms with Crippen LogP contribution in [0.5, 0.6) is 0 Å². The third kappa shape index (κ3) is 4.19. The van der Waals surface area contributed by atoms with Gasteiger partial charge in [0.2, 0.25) is 11.8 Å². The second-order valence-corrected chi connectivity index (χ2v) is 5.38. The van der Waals surface area contributed by atoms with Crippen LogP contribution in [0.4, 0.5) is 0 Å². The lowest BCUT2D eigenvalue weighted by Crippen LogP contribution is -2.55. The Bertz CT molecular complexity index is 491. The van der Waals surface area contributed by atoms with Crippen LogP contribution >= 0.6 is 12.4 Å². The van der Waals surface area contributed by atoms with Crippen LogP contribution in [0.25, 0.3) is 0 Å². The summed E-state index contributed by atoms with van der Waals surface area (Å²) in [6, 6.07) is 8.69. The molecule has 0 radical (unpaired) electrons. The highest BCUT2D eigenvalue weighted by atomic mass is 35.5. The lowest BCUT2D eigenvalue weighted by Gasteiger charge is -2.26. The van der Waals surface area contributed by atoms with Crippen molar-refractivity contribution >= 4 is 24.2 Å². The minimum Gasteiger partial charge on any atom is -0.354 e. The van der Waals surface area contributed by atoms with Crippen molar-refractivity contribution in [2.45, 2.75) is 37.8 Å². The maximum atomic E-state index is 12.4. The summed E-state index contributed by atoms with van der Waals surface area (Å²) in [7, 11) is 0. The van der Waals surface area contributed by atoms with Crippen molar-refractivity contribution in [3.05, 3.63) is 35.9 Å². The number of carbonyl (C=O) groups excluding carboxylic acids is 2. The number of carbonyl (C=O) groups is 2. The maximum Gasteiger partial charge on any atom is 0.245 e. The van der Waals surface area contributed by atoms with Gasteiger partial charge in [0, 0.05) is 6.54 Å². The summed E-state index contributed by atoms with van der Waals surface area (Å²) in [5.74, 6) is -0.453. The molecule has 1 heterocycles. The van der Waals surface area contributed by atoms with Crippen LogP contribution in [0.15, 0.2) is 30.3 Å². The van der Waals surface area contributed by atoms with Crippen molar-refractivity contribution in [2.24, 2.45) is 5.73 Å². The highest BCUT2D eigenvalue weighted by Crippen LogP contribution is 2.18. The van der Waals surface area contributed by atoms with Gasteiger partial charge >= 0.3 is 0 Å². The predicted octanol–water partition coefficient (Wildman–Crippen LogP) is 1.07. The van der Waals surface area contributed by atoms with Crippen LogP contribution in [0.3, 0.4) is 0 Å². The minimum absolute atomic E-state index is 0. The van der Waals surface area contributed by atoms with E-state index in [0.717, 1.165) is 18.4 Å². The summed E-state index contributed by atoms with van der Waals surface area (Å²) in [6.07, 6.45) is 2.51. The zero-order chi connectivity index (χ0) is 14.6. The van der Waals surface area contributed by atoms with Crippen molar-refractivity contribution in [2.75, 3.05) is 6.54 Å². The maximum absolute atomic E-state index is 12.4. The number of hydrogen-bond acceptors (Lipinski definition) is 3. The molecule has 0 spiro atoms. The molecule has 4 N–H and O–H groups in total. The van der Waals surface area contributed by atoms with Crippen molar-refractivity contribution in [1.82, 2.24) is 10.6 Å². The van der Waals surface area contributed by atoms with Gasteiger partial charge in [-0.15, -0.1) is 12.4 Å². The minimum atomic E-state index is -1.14. The van der Waals surface area contributed by atoms with Gasteiger partial charge in [-0.1, -0.05) is 30.3 Å². The Labute approximate surface area is 131 Å². The standard InChI is InChI=1S/C15H21N3O2.ClH/c1-15(16,11-7-3-2-4-8-11)14(20)18-12-9-5-6-10-17-13(12)19;/h2-4,7-8,12H,5-6,9-10,16H2,1H3,(H,17,19)(H,18,20);1H. The Kier molecular flexibility index (Phi) is 6.18. The lowest BCUT2D eigenvalue weighted by atomic mass is 9.92. The number of halogens is 1. The average Bonchev–Trinajstić information content (AvgIpc) is 2.65. The fourth-order valence-electron chi connectivity index (χ4n) is 2.30. The first-order valence-corrected chi connectivity index (χ1v) is 6.95. The first kappa shape index (κ1) is 17.5. The van der Waals surface area contributed by atoms with Crippen LogP contribution in [0.2, 0.25) is 0 Å². The fourth-order valence-corrected chi connectivity index (χ4v) is 2.30. The quantitative estimate of drug-likeness (QED) is 0.780. The van der Waals surface area contributed by atoms with Crippen molar-refractivity contribution in [3.63, 3.8) is 0 Å². The molecule has 1 fully saturated rings. The Morgan fingerprint density at radius 3 is 2.67 bits per heavy atom. The van der Waals surface area contributed by atoms with Crippen molar-refractivity contribution in [1.29, 1.82) is 0 Å². The third-order valence-electron chi connectivity index (χ3n) is 3.69. The highest BCUT2D eigenvalue weighted by Gasteiger charge is 2.33. The smallest absolute Gasteiger partial charge is 0.245 e. The number of rotatable bonds is 3. The first-order chi connectivity index (χ1) is 9.51. The molecule has 1 aliphatic rings. The van der Waals surface area contributed by atoms with Crippen LogP contribution in [0.1, 0.15) is 31.7 Å². The molecule has 2 rings (SSSR count). The molecule has 1 aliphatic heterocycles.